The van der Waals surface area contributed by atoms with Gasteiger partial charge >= 0.3 is 5.97 Å². The summed E-state index contributed by atoms with van der Waals surface area (Å²) in [6.07, 6.45) is 1.33. The second-order valence-electron chi connectivity index (χ2n) is 3.23. The smallest absolute Gasteiger partial charge is 0.323 e. The maximum absolute atomic E-state index is 10.2. The Balaban J connectivity index is 0.000000293. The number of carboxylic acid groups (broad SMARTS) is 1. The van der Waals surface area contributed by atoms with Gasteiger partial charge in [-0.3, -0.25) is 9.35 Å². The van der Waals surface area contributed by atoms with E-state index in [1.807, 2.05) is 0 Å². The average Bonchev–Trinajstić information content (AvgIpc) is 2.50. The summed E-state index contributed by atoms with van der Waals surface area (Å²) in [7, 11) is -3.80. The third-order valence-corrected chi connectivity index (χ3v) is 2.64. The first-order valence-electron chi connectivity index (χ1n) is 4.61. The first-order chi connectivity index (χ1) is 7.28. The topological polar surface area (TPSA) is 141 Å². The van der Waals surface area contributed by atoms with Crippen LogP contribution in [0.1, 0.15) is 12.8 Å². The van der Waals surface area contributed by atoms with Gasteiger partial charge in [-0.2, -0.15) is 13.5 Å². The Morgan fingerprint density at radius 2 is 2.06 bits per heavy atom. The lowest BCUT2D eigenvalue weighted by Gasteiger charge is -2.11. The van der Waals surface area contributed by atoms with Gasteiger partial charge in [0, 0.05) is 13.1 Å². The molecule has 0 aromatic rings. The zero-order valence-corrected chi connectivity index (χ0v) is 9.43. The first kappa shape index (κ1) is 15.3. The third kappa shape index (κ3) is 6.69. The van der Waals surface area contributed by atoms with Gasteiger partial charge in [0.25, 0.3) is 10.1 Å². The largest absolute Gasteiger partial charge is 0.480 e. The van der Waals surface area contributed by atoms with Crippen LogP contribution < -0.4 is 5.73 Å². The van der Waals surface area contributed by atoms with Crippen LogP contribution in [-0.2, 0) is 14.9 Å². The van der Waals surface area contributed by atoms with E-state index in [2.05, 4.69) is 0 Å². The Kier molecular flexibility index (Phi) is 6.45. The lowest BCUT2D eigenvalue weighted by molar-refractivity contribution is -0.160. The van der Waals surface area contributed by atoms with Crippen LogP contribution in [0.5, 0.6) is 0 Å². The Labute approximate surface area is 93.4 Å². The Morgan fingerprint density at radius 3 is 2.19 bits per heavy atom. The van der Waals surface area contributed by atoms with Gasteiger partial charge in [-0.15, -0.1) is 0 Å². The summed E-state index contributed by atoms with van der Waals surface area (Å²) in [6, 6.07) is -0.662. The molecule has 1 heterocycles. The SMILES string of the molecule is NCCS(=O)(=O)O.O=C(O)C1CCCN1O. The second kappa shape index (κ2) is 6.76. The Bertz CT molecular complexity index is 317. The molecule has 1 aliphatic heterocycles. The molecular weight excluding hydrogens is 240 g/mol. The van der Waals surface area contributed by atoms with E-state index in [-0.39, 0.29) is 12.3 Å². The molecule has 1 atom stereocenters. The van der Waals surface area contributed by atoms with Crippen LogP contribution in [-0.4, -0.2) is 59.2 Å². The van der Waals surface area contributed by atoms with Crippen LogP contribution >= 0.6 is 0 Å². The number of aliphatic carboxylic acids is 1. The Morgan fingerprint density at radius 1 is 1.50 bits per heavy atom. The van der Waals surface area contributed by atoms with Crippen molar-refractivity contribution in [1.29, 1.82) is 0 Å². The molecule has 1 aliphatic rings. The van der Waals surface area contributed by atoms with Crippen LogP contribution in [0.3, 0.4) is 0 Å². The van der Waals surface area contributed by atoms with Crippen molar-refractivity contribution in [3.8, 4) is 0 Å². The molecule has 8 nitrogen and oxygen atoms in total. The fourth-order valence-corrected chi connectivity index (χ4v) is 1.45. The summed E-state index contributed by atoms with van der Waals surface area (Å²) < 4.78 is 27.3. The van der Waals surface area contributed by atoms with Gasteiger partial charge in [-0.25, -0.2) is 0 Å². The van der Waals surface area contributed by atoms with Crippen LogP contribution in [0, 0.1) is 0 Å². The minimum absolute atomic E-state index is 0.0289. The van der Waals surface area contributed by atoms with Gasteiger partial charge in [0.2, 0.25) is 0 Å². The summed E-state index contributed by atoms with van der Waals surface area (Å²) in [5, 5.41) is 18.1. The summed E-state index contributed by atoms with van der Waals surface area (Å²) >= 11 is 0. The molecule has 0 radical (unpaired) electrons. The number of hydrogen-bond donors (Lipinski definition) is 4. The maximum atomic E-state index is 10.2. The van der Waals surface area contributed by atoms with E-state index < -0.39 is 22.1 Å². The predicted molar refractivity (Wildman–Crippen MR) is 54.6 cm³/mol. The molecular formula is C7H16N2O6S. The van der Waals surface area contributed by atoms with Crippen molar-refractivity contribution in [2.75, 3.05) is 18.8 Å². The van der Waals surface area contributed by atoms with E-state index in [9.17, 15) is 13.2 Å². The standard InChI is InChI=1S/C5H9NO3.C2H7NO3S/c7-5(8)4-2-1-3-6(4)9;3-1-2-7(4,5)6/h4,9H,1-3H2,(H,7,8);1-3H2,(H,4,5,6). The number of carbonyl (C=O) groups is 1. The molecule has 0 spiro atoms. The quantitative estimate of drug-likeness (QED) is 0.459. The summed E-state index contributed by atoms with van der Waals surface area (Å²) in [4.78, 5) is 10.2. The predicted octanol–water partition coefficient (Wildman–Crippen LogP) is -1.24. The molecule has 1 rings (SSSR count). The van der Waals surface area contributed by atoms with E-state index >= 15 is 0 Å². The average molecular weight is 256 g/mol. The molecule has 1 fully saturated rings. The van der Waals surface area contributed by atoms with E-state index in [1.54, 1.807) is 0 Å². The van der Waals surface area contributed by atoms with Gasteiger partial charge in [-0.1, -0.05) is 0 Å². The zero-order valence-electron chi connectivity index (χ0n) is 8.61. The molecule has 0 aromatic carbocycles. The van der Waals surface area contributed by atoms with Gasteiger partial charge in [-0.05, 0) is 12.8 Å². The third-order valence-electron chi connectivity index (χ3n) is 1.89. The highest BCUT2D eigenvalue weighted by molar-refractivity contribution is 7.85. The molecule has 9 heteroatoms. The van der Waals surface area contributed by atoms with Gasteiger partial charge in [0.05, 0.1) is 5.75 Å². The van der Waals surface area contributed by atoms with Crippen molar-refractivity contribution in [3.05, 3.63) is 0 Å². The molecule has 0 bridgehead atoms. The molecule has 0 amide bonds. The molecule has 1 saturated heterocycles. The number of rotatable bonds is 3. The maximum Gasteiger partial charge on any atom is 0.323 e. The highest BCUT2D eigenvalue weighted by Gasteiger charge is 2.28. The zero-order chi connectivity index (χ0) is 12.8. The highest BCUT2D eigenvalue weighted by atomic mass is 32.2. The summed E-state index contributed by atoms with van der Waals surface area (Å²) in [6.45, 7) is 0.454. The molecule has 0 saturated carbocycles. The van der Waals surface area contributed by atoms with Crippen LogP contribution in [0.15, 0.2) is 0 Å². The van der Waals surface area contributed by atoms with Crippen molar-refractivity contribution in [2.45, 2.75) is 18.9 Å². The van der Waals surface area contributed by atoms with Crippen molar-refractivity contribution < 1.29 is 28.1 Å². The monoisotopic (exact) mass is 256 g/mol. The summed E-state index contributed by atoms with van der Waals surface area (Å²) in [5.41, 5.74) is 4.78. The number of hydroxylamine groups is 2. The van der Waals surface area contributed by atoms with E-state index in [0.717, 1.165) is 11.5 Å². The molecule has 16 heavy (non-hydrogen) atoms. The van der Waals surface area contributed by atoms with E-state index in [1.165, 1.54) is 0 Å². The molecule has 5 N–H and O–H groups in total. The molecule has 1 unspecified atom stereocenters. The fraction of sp³-hybridized carbons (Fsp3) is 0.857. The number of nitrogens with two attached hydrogens (primary N) is 1. The number of hydrogen-bond acceptors (Lipinski definition) is 6. The summed E-state index contributed by atoms with van der Waals surface area (Å²) in [5.74, 6) is -1.29. The first-order valence-corrected chi connectivity index (χ1v) is 6.22. The van der Waals surface area contributed by atoms with Crippen molar-refractivity contribution in [3.63, 3.8) is 0 Å². The van der Waals surface area contributed by atoms with Gasteiger partial charge < -0.3 is 16.0 Å². The number of nitrogens with zero attached hydrogens (tertiary/aromatic N) is 1. The molecule has 0 aromatic heterocycles. The number of carboxylic acids is 1. The minimum Gasteiger partial charge on any atom is -0.480 e. The van der Waals surface area contributed by atoms with Gasteiger partial charge in [0.1, 0.15) is 6.04 Å². The molecule has 96 valence electrons. The van der Waals surface area contributed by atoms with Crippen molar-refractivity contribution >= 4 is 16.1 Å². The van der Waals surface area contributed by atoms with E-state index in [4.69, 9.17) is 20.6 Å². The normalized spacial score (nSPS) is 21.3. The van der Waals surface area contributed by atoms with E-state index in [0.29, 0.717) is 13.0 Å². The second-order valence-corrected chi connectivity index (χ2v) is 4.81. The van der Waals surface area contributed by atoms with Crippen molar-refractivity contribution in [1.82, 2.24) is 5.06 Å². The Hall–Kier alpha value is -0.740. The minimum atomic E-state index is -3.80. The molecule has 0 aliphatic carbocycles. The fourth-order valence-electron chi connectivity index (χ4n) is 1.15. The van der Waals surface area contributed by atoms with Crippen molar-refractivity contribution in [2.24, 2.45) is 5.73 Å². The lowest BCUT2D eigenvalue weighted by atomic mass is 10.2. The lowest BCUT2D eigenvalue weighted by Crippen LogP contribution is -2.32. The highest BCUT2D eigenvalue weighted by Crippen LogP contribution is 2.13. The van der Waals surface area contributed by atoms with Gasteiger partial charge in [0.15, 0.2) is 0 Å². The van der Waals surface area contributed by atoms with Crippen LogP contribution in [0.4, 0.5) is 0 Å². The van der Waals surface area contributed by atoms with Crippen LogP contribution in [0.2, 0.25) is 0 Å². The van der Waals surface area contributed by atoms with Crippen LogP contribution in [0.25, 0.3) is 0 Å².